The molecule has 31 heavy (non-hydrogen) atoms. The molecule has 1 aliphatic rings. The summed E-state index contributed by atoms with van der Waals surface area (Å²) in [7, 11) is 0. The van der Waals surface area contributed by atoms with Crippen LogP contribution in [0.2, 0.25) is 5.02 Å². The van der Waals surface area contributed by atoms with Crippen LogP contribution in [-0.2, 0) is 13.1 Å². The minimum absolute atomic E-state index is 0.433. The molecule has 1 fully saturated rings. The highest BCUT2D eigenvalue weighted by Crippen LogP contribution is 2.16. The molecule has 1 aromatic carbocycles. The number of halogens is 1. The van der Waals surface area contributed by atoms with Crippen molar-refractivity contribution in [3.63, 3.8) is 0 Å². The number of aromatic nitrogens is 2. The Hall–Kier alpha value is -2.57. The molecule has 0 aliphatic carbocycles. The van der Waals surface area contributed by atoms with Crippen molar-refractivity contribution in [2.45, 2.75) is 45.8 Å². The lowest BCUT2D eigenvalue weighted by atomic mass is 10.0. The molecule has 0 amide bonds. The second kappa shape index (κ2) is 10.2. The van der Waals surface area contributed by atoms with E-state index in [9.17, 15) is 0 Å². The Morgan fingerprint density at radius 2 is 1.94 bits per heavy atom. The molecule has 1 aliphatic heterocycles. The molecule has 0 atom stereocenters. The standard InChI is InChI=1S/C24H31ClN6/c1-3-26-24(27-15-22-17-31-18(2)5-4-6-23(31)28-22)29-21-11-13-30(14-12-21)16-19-7-9-20(25)10-8-19/h4-10,17,21H,3,11-16H2,1-2H3,(H2,26,27,29). The monoisotopic (exact) mass is 438 g/mol. The number of benzene rings is 1. The number of nitrogens with zero attached hydrogens (tertiary/aromatic N) is 4. The van der Waals surface area contributed by atoms with Gasteiger partial charge in [0.05, 0.1) is 12.2 Å². The first-order chi connectivity index (χ1) is 15.1. The van der Waals surface area contributed by atoms with Crippen LogP contribution in [0.4, 0.5) is 0 Å². The van der Waals surface area contributed by atoms with Crippen LogP contribution >= 0.6 is 11.6 Å². The van der Waals surface area contributed by atoms with Crippen molar-refractivity contribution in [2.24, 2.45) is 4.99 Å². The van der Waals surface area contributed by atoms with Crippen LogP contribution in [0.1, 0.15) is 36.7 Å². The summed E-state index contributed by atoms with van der Waals surface area (Å²) in [4.78, 5) is 12.0. The summed E-state index contributed by atoms with van der Waals surface area (Å²) in [5.41, 5.74) is 4.43. The molecule has 3 heterocycles. The summed E-state index contributed by atoms with van der Waals surface area (Å²) in [6, 6.07) is 14.8. The summed E-state index contributed by atoms with van der Waals surface area (Å²) >= 11 is 6.00. The molecule has 0 bridgehead atoms. The Labute approximate surface area is 189 Å². The number of hydrogen-bond donors (Lipinski definition) is 2. The minimum Gasteiger partial charge on any atom is -0.357 e. The van der Waals surface area contributed by atoms with E-state index in [1.165, 1.54) is 11.3 Å². The number of nitrogens with one attached hydrogen (secondary N) is 2. The van der Waals surface area contributed by atoms with Crippen molar-refractivity contribution in [3.05, 3.63) is 70.6 Å². The van der Waals surface area contributed by atoms with E-state index in [1.54, 1.807) is 0 Å². The van der Waals surface area contributed by atoms with Gasteiger partial charge in [-0.25, -0.2) is 9.98 Å². The predicted molar refractivity (Wildman–Crippen MR) is 128 cm³/mol. The van der Waals surface area contributed by atoms with Gasteiger partial charge in [-0.2, -0.15) is 0 Å². The molecule has 4 rings (SSSR count). The number of aliphatic imine (C=N–C) groups is 1. The lowest BCUT2D eigenvalue weighted by Crippen LogP contribution is -2.48. The quantitative estimate of drug-likeness (QED) is 0.451. The molecule has 1 saturated heterocycles. The van der Waals surface area contributed by atoms with Gasteiger partial charge in [0, 0.05) is 49.1 Å². The van der Waals surface area contributed by atoms with Crippen molar-refractivity contribution in [1.29, 1.82) is 0 Å². The van der Waals surface area contributed by atoms with Gasteiger partial charge < -0.3 is 15.0 Å². The van der Waals surface area contributed by atoms with Gasteiger partial charge in [-0.1, -0.05) is 29.8 Å². The molecular formula is C24H31ClN6. The van der Waals surface area contributed by atoms with Crippen molar-refractivity contribution < 1.29 is 0 Å². The second-order valence-corrected chi connectivity index (χ2v) is 8.58. The average molecular weight is 439 g/mol. The van der Waals surface area contributed by atoms with E-state index in [0.29, 0.717) is 12.6 Å². The van der Waals surface area contributed by atoms with Crippen LogP contribution in [0.15, 0.2) is 53.7 Å². The fraction of sp³-hybridized carbons (Fsp3) is 0.417. The van der Waals surface area contributed by atoms with Gasteiger partial charge in [0.25, 0.3) is 0 Å². The normalized spacial score (nSPS) is 16.0. The molecule has 7 heteroatoms. The van der Waals surface area contributed by atoms with Gasteiger partial charge in [0.15, 0.2) is 5.96 Å². The lowest BCUT2D eigenvalue weighted by molar-refractivity contribution is 0.198. The number of hydrogen-bond acceptors (Lipinski definition) is 3. The molecule has 164 valence electrons. The number of fused-ring (bicyclic) bond motifs is 1. The Morgan fingerprint density at radius 1 is 1.16 bits per heavy atom. The van der Waals surface area contributed by atoms with E-state index in [1.807, 2.05) is 24.3 Å². The number of guanidine groups is 1. The van der Waals surface area contributed by atoms with Crippen LogP contribution in [0.25, 0.3) is 5.65 Å². The van der Waals surface area contributed by atoms with Gasteiger partial charge >= 0.3 is 0 Å². The molecule has 0 spiro atoms. The summed E-state index contributed by atoms with van der Waals surface area (Å²) < 4.78 is 2.11. The zero-order valence-corrected chi connectivity index (χ0v) is 19.1. The molecule has 2 aromatic heterocycles. The van der Waals surface area contributed by atoms with Crippen molar-refractivity contribution in [2.75, 3.05) is 19.6 Å². The summed E-state index contributed by atoms with van der Waals surface area (Å²) in [5, 5.41) is 7.80. The van der Waals surface area contributed by atoms with E-state index in [4.69, 9.17) is 21.6 Å². The van der Waals surface area contributed by atoms with Crippen molar-refractivity contribution >= 4 is 23.2 Å². The van der Waals surface area contributed by atoms with Crippen molar-refractivity contribution in [1.82, 2.24) is 24.9 Å². The van der Waals surface area contributed by atoms with Crippen LogP contribution in [0, 0.1) is 6.92 Å². The van der Waals surface area contributed by atoms with Gasteiger partial charge in [-0.15, -0.1) is 0 Å². The smallest absolute Gasteiger partial charge is 0.191 e. The van der Waals surface area contributed by atoms with E-state index in [-0.39, 0.29) is 0 Å². The third-order valence-electron chi connectivity index (χ3n) is 5.74. The van der Waals surface area contributed by atoms with E-state index in [0.717, 1.165) is 61.3 Å². The number of piperidine rings is 1. The van der Waals surface area contributed by atoms with Gasteiger partial charge in [-0.3, -0.25) is 4.90 Å². The highest BCUT2D eigenvalue weighted by molar-refractivity contribution is 6.30. The predicted octanol–water partition coefficient (Wildman–Crippen LogP) is 4.02. The number of aryl methyl sites for hydroxylation is 1. The summed E-state index contributed by atoms with van der Waals surface area (Å²) in [6.45, 7) is 8.71. The number of imidazole rings is 1. The fourth-order valence-corrected chi connectivity index (χ4v) is 4.16. The second-order valence-electron chi connectivity index (χ2n) is 8.14. The van der Waals surface area contributed by atoms with Crippen LogP contribution in [-0.4, -0.2) is 45.9 Å². The molecule has 6 nitrogen and oxygen atoms in total. The van der Waals surface area contributed by atoms with Crippen LogP contribution < -0.4 is 10.6 Å². The number of rotatable bonds is 6. The Morgan fingerprint density at radius 3 is 2.65 bits per heavy atom. The van der Waals surface area contributed by atoms with E-state index >= 15 is 0 Å². The van der Waals surface area contributed by atoms with Gasteiger partial charge in [0.1, 0.15) is 5.65 Å². The van der Waals surface area contributed by atoms with Gasteiger partial charge in [-0.05, 0) is 56.5 Å². The maximum atomic E-state index is 6.00. The molecule has 0 radical (unpaired) electrons. The molecule has 2 N–H and O–H groups in total. The average Bonchev–Trinajstić information content (AvgIpc) is 3.20. The first kappa shape index (κ1) is 21.7. The number of pyridine rings is 1. The Kier molecular flexibility index (Phi) is 7.10. The third-order valence-corrected chi connectivity index (χ3v) is 5.99. The Balaban J connectivity index is 1.31. The zero-order chi connectivity index (χ0) is 21.6. The summed E-state index contributed by atoms with van der Waals surface area (Å²) in [5.74, 6) is 0.868. The van der Waals surface area contributed by atoms with Crippen LogP contribution in [0.5, 0.6) is 0 Å². The highest BCUT2D eigenvalue weighted by Gasteiger charge is 2.20. The molecule has 3 aromatic rings. The van der Waals surface area contributed by atoms with E-state index in [2.05, 4.69) is 58.2 Å². The van der Waals surface area contributed by atoms with Crippen molar-refractivity contribution in [3.8, 4) is 0 Å². The van der Waals surface area contributed by atoms with E-state index < -0.39 is 0 Å². The first-order valence-electron chi connectivity index (χ1n) is 11.1. The first-order valence-corrected chi connectivity index (χ1v) is 11.4. The largest absolute Gasteiger partial charge is 0.357 e. The third kappa shape index (κ3) is 5.77. The summed E-state index contributed by atoms with van der Waals surface area (Å²) in [6.07, 6.45) is 4.28. The van der Waals surface area contributed by atoms with Gasteiger partial charge in [0.2, 0.25) is 0 Å². The zero-order valence-electron chi connectivity index (χ0n) is 18.3. The maximum absolute atomic E-state index is 6.00. The Bertz CT molecular complexity index is 1020. The molecule has 0 saturated carbocycles. The molecular weight excluding hydrogens is 408 g/mol. The fourth-order valence-electron chi connectivity index (χ4n) is 4.03. The molecule has 0 unspecified atom stereocenters. The highest BCUT2D eigenvalue weighted by atomic mass is 35.5. The number of likely N-dealkylation sites (tertiary alicyclic amines) is 1. The van der Waals surface area contributed by atoms with Crippen LogP contribution in [0.3, 0.4) is 0 Å². The lowest BCUT2D eigenvalue weighted by Gasteiger charge is -2.33. The SMILES string of the molecule is CCNC(=NCc1cn2c(C)cccc2n1)NC1CCN(Cc2ccc(Cl)cc2)CC1. The minimum atomic E-state index is 0.433. The topological polar surface area (TPSA) is 57.0 Å². The maximum Gasteiger partial charge on any atom is 0.191 e.